The normalized spacial score (nSPS) is 10.1. The molecule has 0 saturated carbocycles. The monoisotopic (exact) mass is 205 g/mol. The van der Waals surface area contributed by atoms with Crippen molar-refractivity contribution in [1.82, 2.24) is 19.7 Å². The van der Waals surface area contributed by atoms with Gasteiger partial charge in [0.2, 0.25) is 0 Å². The lowest BCUT2D eigenvalue weighted by atomic mass is 10.4. The SMILES string of the molecule is Nc1ccnn1C(=O)c1c[nH]c(=O)cn1. The van der Waals surface area contributed by atoms with Gasteiger partial charge in [-0.1, -0.05) is 0 Å². The maximum Gasteiger partial charge on any atom is 0.300 e. The predicted molar refractivity (Wildman–Crippen MR) is 51.2 cm³/mol. The van der Waals surface area contributed by atoms with Crippen LogP contribution in [0.5, 0.6) is 0 Å². The van der Waals surface area contributed by atoms with Gasteiger partial charge in [0, 0.05) is 12.3 Å². The zero-order chi connectivity index (χ0) is 10.8. The molecule has 0 fully saturated rings. The van der Waals surface area contributed by atoms with E-state index in [4.69, 9.17) is 5.73 Å². The second kappa shape index (κ2) is 3.37. The Morgan fingerprint density at radius 1 is 1.53 bits per heavy atom. The minimum atomic E-state index is -0.492. The van der Waals surface area contributed by atoms with Crippen LogP contribution in [-0.4, -0.2) is 25.7 Å². The fourth-order valence-electron chi connectivity index (χ4n) is 1.05. The van der Waals surface area contributed by atoms with E-state index >= 15 is 0 Å². The summed E-state index contributed by atoms with van der Waals surface area (Å²) >= 11 is 0. The van der Waals surface area contributed by atoms with Crippen molar-refractivity contribution in [2.75, 3.05) is 5.73 Å². The molecule has 2 rings (SSSR count). The van der Waals surface area contributed by atoms with Crippen LogP contribution in [0.2, 0.25) is 0 Å². The van der Waals surface area contributed by atoms with Crippen LogP contribution in [0.4, 0.5) is 5.82 Å². The summed E-state index contributed by atoms with van der Waals surface area (Å²) in [6.07, 6.45) is 3.64. The summed E-state index contributed by atoms with van der Waals surface area (Å²) in [5.74, 6) is -0.276. The molecule has 0 atom stereocenters. The number of nitrogens with two attached hydrogens (primary N) is 1. The van der Waals surface area contributed by atoms with Gasteiger partial charge >= 0.3 is 0 Å². The van der Waals surface area contributed by atoms with Crippen LogP contribution in [0, 0.1) is 0 Å². The van der Waals surface area contributed by atoms with Gasteiger partial charge in [-0.3, -0.25) is 9.59 Å². The van der Waals surface area contributed by atoms with E-state index in [9.17, 15) is 9.59 Å². The van der Waals surface area contributed by atoms with Crippen molar-refractivity contribution in [2.45, 2.75) is 0 Å². The fraction of sp³-hybridized carbons (Fsp3) is 0. The molecule has 2 heterocycles. The van der Waals surface area contributed by atoms with Gasteiger partial charge in [0.15, 0.2) is 0 Å². The van der Waals surface area contributed by atoms with E-state index in [-0.39, 0.29) is 17.1 Å². The molecule has 2 aromatic rings. The number of hydrogen-bond donors (Lipinski definition) is 2. The van der Waals surface area contributed by atoms with E-state index in [1.165, 1.54) is 18.5 Å². The number of nitrogens with zero attached hydrogens (tertiary/aromatic N) is 3. The molecule has 0 aliphatic heterocycles. The highest BCUT2D eigenvalue weighted by molar-refractivity contribution is 5.94. The number of anilines is 1. The molecule has 0 radical (unpaired) electrons. The largest absolute Gasteiger partial charge is 0.383 e. The number of carbonyl (C=O) groups is 1. The van der Waals surface area contributed by atoms with Crippen LogP contribution in [0.25, 0.3) is 0 Å². The van der Waals surface area contributed by atoms with E-state index in [0.717, 1.165) is 10.9 Å². The summed E-state index contributed by atoms with van der Waals surface area (Å²) in [5, 5.41) is 3.72. The first-order chi connectivity index (χ1) is 7.18. The molecular weight excluding hydrogens is 198 g/mol. The summed E-state index contributed by atoms with van der Waals surface area (Å²) in [4.78, 5) is 28.4. The number of nitrogens with one attached hydrogen (secondary N) is 1. The third kappa shape index (κ3) is 1.62. The third-order valence-electron chi connectivity index (χ3n) is 1.76. The molecule has 0 unspecified atom stereocenters. The lowest BCUT2D eigenvalue weighted by Gasteiger charge is -2.00. The maximum atomic E-state index is 11.7. The van der Waals surface area contributed by atoms with Crippen molar-refractivity contribution in [3.8, 4) is 0 Å². The summed E-state index contributed by atoms with van der Waals surface area (Å²) in [7, 11) is 0. The first-order valence-electron chi connectivity index (χ1n) is 4.07. The molecule has 7 heteroatoms. The quantitative estimate of drug-likeness (QED) is 0.636. The second-order valence-electron chi connectivity index (χ2n) is 2.77. The van der Waals surface area contributed by atoms with Crippen LogP contribution in [-0.2, 0) is 0 Å². The van der Waals surface area contributed by atoms with Crippen molar-refractivity contribution in [3.63, 3.8) is 0 Å². The Kier molecular flexibility index (Phi) is 2.05. The summed E-state index contributed by atoms with van der Waals surface area (Å²) in [6, 6.07) is 1.49. The van der Waals surface area contributed by atoms with Crippen LogP contribution in [0.1, 0.15) is 10.5 Å². The molecule has 0 aromatic carbocycles. The summed E-state index contributed by atoms with van der Waals surface area (Å²) in [6.45, 7) is 0. The molecule has 0 aliphatic carbocycles. The molecule has 0 bridgehead atoms. The van der Waals surface area contributed by atoms with Gasteiger partial charge in [-0.05, 0) is 0 Å². The Morgan fingerprint density at radius 2 is 2.33 bits per heavy atom. The van der Waals surface area contributed by atoms with Crippen LogP contribution in [0.3, 0.4) is 0 Å². The van der Waals surface area contributed by atoms with Crippen molar-refractivity contribution < 1.29 is 4.79 Å². The number of aromatic nitrogens is 4. The molecular formula is C8H7N5O2. The number of hydrogen-bond acceptors (Lipinski definition) is 5. The number of rotatable bonds is 1. The van der Waals surface area contributed by atoms with Gasteiger partial charge < -0.3 is 10.7 Å². The molecule has 0 spiro atoms. The number of H-pyrrole nitrogens is 1. The molecule has 0 aliphatic rings. The topological polar surface area (TPSA) is 107 Å². The Balaban J connectivity index is 2.41. The van der Waals surface area contributed by atoms with E-state index in [0.29, 0.717) is 0 Å². The van der Waals surface area contributed by atoms with E-state index in [1.807, 2.05) is 0 Å². The van der Waals surface area contributed by atoms with Crippen molar-refractivity contribution in [1.29, 1.82) is 0 Å². The van der Waals surface area contributed by atoms with Crippen LogP contribution < -0.4 is 11.3 Å². The first kappa shape index (κ1) is 9.13. The van der Waals surface area contributed by atoms with Gasteiger partial charge in [-0.2, -0.15) is 9.78 Å². The molecule has 0 saturated heterocycles. The zero-order valence-corrected chi connectivity index (χ0v) is 7.54. The highest BCUT2D eigenvalue weighted by Crippen LogP contribution is 2.02. The first-order valence-corrected chi connectivity index (χ1v) is 4.07. The van der Waals surface area contributed by atoms with Crippen molar-refractivity contribution in [2.24, 2.45) is 0 Å². The van der Waals surface area contributed by atoms with Gasteiger partial charge in [0.1, 0.15) is 11.5 Å². The van der Waals surface area contributed by atoms with Crippen molar-refractivity contribution in [3.05, 3.63) is 40.7 Å². The maximum absolute atomic E-state index is 11.7. The van der Waals surface area contributed by atoms with E-state index < -0.39 is 5.91 Å². The van der Waals surface area contributed by atoms with Gasteiger partial charge in [-0.15, -0.1) is 0 Å². The summed E-state index contributed by atoms with van der Waals surface area (Å²) in [5.41, 5.74) is 5.19. The minimum absolute atomic E-state index is 0.0741. The number of aromatic amines is 1. The highest BCUT2D eigenvalue weighted by atomic mass is 16.2. The second-order valence-corrected chi connectivity index (χ2v) is 2.77. The molecule has 3 N–H and O–H groups in total. The molecule has 7 nitrogen and oxygen atoms in total. The molecule has 76 valence electrons. The average molecular weight is 205 g/mol. The lowest BCUT2D eigenvalue weighted by molar-refractivity contribution is 0.0942. The highest BCUT2D eigenvalue weighted by Gasteiger charge is 2.12. The Labute approximate surface area is 83.6 Å². The molecule has 2 aromatic heterocycles. The molecule has 0 amide bonds. The Morgan fingerprint density at radius 3 is 2.87 bits per heavy atom. The zero-order valence-electron chi connectivity index (χ0n) is 7.54. The molecule has 15 heavy (non-hydrogen) atoms. The fourth-order valence-corrected chi connectivity index (χ4v) is 1.05. The Hall–Kier alpha value is -2.44. The number of carbonyl (C=O) groups excluding carboxylic acids is 1. The van der Waals surface area contributed by atoms with Gasteiger partial charge in [0.05, 0.1) is 12.4 Å². The van der Waals surface area contributed by atoms with Crippen molar-refractivity contribution >= 4 is 11.7 Å². The third-order valence-corrected chi connectivity index (χ3v) is 1.76. The smallest absolute Gasteiger partial charge is 0.300 e. The Bertz CT molecular complexity index is 536. The standard InChI is InChI=1S/C8H7N5O2/c9-6-1-2-12-13(6)8(15)5-3-11-7(14)4-10-5/h1-4H,9H2,(H,11,14). The predicted octanol–water partition coefficient (Wildman–Crippen LogP) is -0.763. The van der Waals surface area contributed by atoms with E-state index in [1.54, 1.807) is 0 Å². The average Bonchev–Trinajstić information content (AvgIpc) is 2.65. The van der Waals surface area contributed by atoms with Crippen LogP contribution in [0.15, 0.2) is 29.5 Å². The lowest BCUT2D eigenvalue weighted by Crippen LogP contribution is -2.19. The van der Waals surface area contributed by atoms with Gasteiger partial charge in [0.25, 0.3) is 11.5 Å². The van der Waals surface area contributed by atoms with E-state index in [2.05, 4.69) is 15.1 Å². The minimum Gasteiger partial charge on any atom is -0.383 e. The van der Waals surface area contributed by atoms with Crippen LogP contribution >= 0.6 is 0 Å². The van der Waals surface area contributed by atoms with Gasteiger partial charge in [-0.25, -0.2) is 4.98 Å². The number of nitrogen functional groups attached to an aromatic ring is 1. The summed E-state index contributed by atoms with van der Waals surface area (Å²) < 4.78 is 1.00.